The van der Waals surface area contributed by atoms with Gasteiger partial charge in [-0.25, -0.2) is 9.97 Å². The molecule has 1 aromatic heterocycles. The third-order valence-electron chi connectivity index (χ3n) is 3.70. The van der Waals surface area contributed by atoms with Crippen LogP contribution in [0.1, 0.15) is 51.0 Å². The van der Waals surface area contributed by atoms with E-state index >= 15 is 0 Å². The molecule has 2 aromatic rings. The Hall–Kier alpha value is -2.43. The molecule has 2 rings (SSSR count). The lowest BCUT2D eigenvalue weighted by atomic mass is 10.1. The number of anilines is 1. The molecule has 1 N–H and O–H groups in total. The predicted octanol–water partition coefficient (Wildman–Crippen LogP) is 3.91. The summed E-state index contributed by atoms with van der Waals surface area (Å²) in [6.45, 7) is 8.92. The Morgan fingerprint density at radius 3 is 2.44 bits per heavy atom. The monoisotopic (exact) mass is 340 g/mol. The molecule has 0 aliphatic carbocycles. The van der Waals surface area contributed by atoms with Gasteiger partial charge in [-0.05, 0) is 27.2 Å². The second-order valence-electron chi connectivity index (χ2n) is 7.28. The summed E-state index contributed by atoms with van der Waals surface area (Å²) in [6, 6.07) is 11.5. The van der Waals surface area contributed by atoms with Crippen LogP contribution in [0.3, 0.4) is 0 Å². The summed E-state index contributed by atoms with van der Waals surface area (Å²) < 4.78 is 0. The second-order valence-corrected chi connectivity index (χ2v) is 7.28. The minimum absolute atomic E-state index is 0.183. The maximum Gasteiger partial charge on any atom is 0.270 e. The van der Waals surface area contributed by atoms with Crippen LogP contribution in [0.4, 0.5) is 5.82 Å². The molecule has 1 amide bonds. The predicted molar refractivity (Wildman–Crippen MR) is 103 cm³/mol. The van der Waals surface area contributed by atoms with E-state index in [4.69, 9.17) is 0 Å². The summed E-state index contributed by atoms with van der Waals surface area (Å²) in [6.07, 6.45) is 2.18. The van der Waals surface area contributed by atoms with Crippen molar-refractivity contribution in [2.45, 2.75) is 46.1 Å². The molecule has 0 aliphatic rings. The van der Waals surface area contributed by atoms with Gasteiger partial charge in [0.25, 0.3) is 5.91 Å². The van der Waals surface area contributed by atoms with E-state index < -0.39 is 0 Å². The highest BCUT2D eigenvalue weighted by Gasteiger charge is 2.19. The van der Waals surface area contributed by atoms with Gasteiger partial charge in [-0.1, -0.05) is 43.7 Å². The molecule has 0 fully saturated rings. The van der Waals surface area contributed by atoms with E-state index in [-0.39, 0.29) is 11.4 Å². The number of hydrogen-bond acceptors (Lipinski definition) is 4. The SMILES string of the molecule is CCCCN(C)c1cc(C(=O)NC(C)(C)C)nc(-c2ccccc2)n1. The first-order valence-electron chi connectivity index (χ1n) is 8.78. The average Bonchev–Trinajstić information content (AvgIpc) is 2.58. The molecule has 5 heteroatoms. The first-order valence-corrected chi connectivity index (χ1v) is 8.78. The molecule has 0 bridgehead atoms. The molecule has 1 aromatic carbocycles. The average molecular weight is 340 g/mol. The number of nitrogens with one attached hydrogen (secondary N) is 1. The van der Waals surface area contributed by atoms with Crippen molar-refractivity contribution in [1.29, 1.82) is 0 Å². The van der Waals surface area contributed by atoms with Crippen LogP contribution in [0, 0.1) is 0 Å². The molecule has 134 valence electrons. The molecule has 5 nitrogen and oxygen atoms in total. The van der Waals surface area contributed by atoms with Crippen molar-refractivity contribution in [3.05, 3.63) is 42.1 Å². The first kappa shape index (κ1) is 18.9. The van der Waals surface area contributed by atoms with Crippen molar-refractivity contribution >= 4 is 11.7 Å². The maximum atomic E-state index is 12.6. The Balaban J connectivity index is 2.42. The molecule has 0 spiro atoms. The van der Waals surface area contributed by atoms with E-state index in [0.29, 0.717) is 11.5 Å². The zero-order valence-electron chi connectivity index (χ0n) is 15.8. The van der Waals surface area contributed by atoms with Crippen molar-refractivity contribution in [2.75, 3.05) is 18.5 Å². The van der Waals surface area contributed by atoms with Gasteiger partial charge in [0.1, 0.15) is 11.5 Å². The van der Waals surface area contributed by atoms with Crippen LogP contribution in [-0.4, -0.2) is 35.0 Å². The summed E-state index contributed by atoms with van der Waals surface area (Å²) in [4.78, 5) is 23.9. The Morgan fingerprint density at radius 2 is 1.84 bits per heavy atom. The van der Waals surface area contributed by atoms with Gasteiger partial charge in [-0.2, -0.15) is 0 Å². The molecular formula is C20H28N4O. The number of hydrogen-bond donors (Lipinski definition) is 1. The molecule has 0 unspecified atom stereocenters. The first-order chi connectivity index (χ1) is 11.8. The van der Waals surface area contributed by atoms with Gasteiger partial charge in [0.05, 0.1) is 0 Å². The smallest absolute Gasteiger partial charge is 0.270 e. The Kier molecular flexibility index (Phi) is 6.12. The number of carbonyl (C=O) groups is 1. The van der Waals surface area contributed by atoms with Crippen molar-refractivity contribution in [3.63, 3.8) is 0 Å². The number of unbranched alkanes of at least 4 members (excludes halogenated alkanes) is 1. The van der Waals surface area contributed by atoms with Gasteiger partial charge in [-0.15, -0.1) is 0 Å². The largest absolute Gasteiger partial charge is 0.360 e. The minimum atomic E-state index is -0.316. The molecule has 25 heavy (non-hydrogen) atoms. The third kappa shape index (κ3) is 5.55. The second kappa shape index (κ2) is 8.10. The molecule has 1 heterocycles. The fourth-order valence-electron chi connectivity index (χ4n) is 2.38. The minimum Gasteiger partial charge on any atom is -0.360 e. The van der Waals surface area contributed by atoms with Gasteiger partial charge in [0, 0.05) is 30.8 Å². The van der Waals surface area contributed by atoms with Gasteiger partial charge in [0.15, 0.2) is 5.82 Å². The van der Waals surface area contributed by atoms with Crippen molar-refractivity contribution in [3.8, 4) is 11.4 Å². The van der Waals surface area contributed by atoms with Gasteiger partial charge in [-0.3, -0.25) is 4.79 Å². The molecule has 0 saturated carbocycles. The lowest BCUT2D eigenvalue weighted by Gasteiger charge is -2.22. The normalized spacial score (nSPS) is 11.2. The molecular weight excluding hydrogens is 312 g/mol. The topological polar surface area (TPSA) is 58.1 Å². The maximum absolute atomic E-state index is 12.6. The number of rotatable bonds is 6. The quantitative estimate of drug-likeness (QED) is 0.866. The summed E-state index contributed by atoms with van der Waals surface area (Å²) in [5.41, 5.74) is 0.976. The fourth-order valence-corrected chi connectivity index (χ4v) is 2.38. The number of nitrogens with zero attached hydrogens (tertiary/aromatic N) is 3. The number of benzene rings is 1. The van der Waals surface area contributed by atoms with E-state index in [9.17, 15) is 4.79 Å². The van der Waals surface area contributed by atoms with Crippen LogP contribution < -0.4 is 10.2 Å². The van der Waals surface area contributed by atoms with Crippen molar-refractivity contribution in [1.82, 2.24) is 15.3 Å². The van der Waals surface area contributed by atoms with Crippen LogP contribution >= 0.6 is 0 Å². The number of amides is 1. The van der Waals surface area contributed by atoms with Crippen LogP contribution in [0.5, 0.6) is 0 Å². The van der Waals surface area contributed by atoms with Crippen molar-refractivity contribution < 1.29 is 4.79 Å². The van der Waals surface area contributed by atoms with Crippen LogP contribution in [0.15, 0.2) is 36.4 Å². The highest BCUT2D eigenvalue weighted by molar-refractivity contribution is 5.94. The zero-order valence-corrected chi connectivity index (χ0v) is 15.8. The molecule has 0 radical (unpaired) electrons. The summed E-state index contributed by atoms with van der Waals surface area (Å²) in [7, 11) is 2.00. The Bertz CT molecular complexity index is 707. The third-order valence-corrected chi connectivity index (χ3v) is 3.70. The zero-order chi connectivity index (χ0) is 18.4. The van der Waals surface area contributed by atoms with E-state index in [1.54, 1.807) is 6.07 Å². The lowest BCUT2D eigenvalue weighted by Crippen LogP contribution is -2.41. The highest BCUT2D eigenvalue weighted by atomic mass is 16.2. The van der Waals surface area contributed by atoms with E-state index in [1.165, 1.54) is 0 Å². The van der Waals surface area contributed by atoms with Crippen LogP contribution in [0.2, 0.25) is 0 Å². The number of carbonyl (C=O) groups excluding carboxylic acids is 1. The van der Waals surface area contributed by atoms with Crippen molar-refractivity contribution in [2.24, 2.45) is 0 Å². The van der Waals surface area contributed by atoms with Crippen LogP contribution in [-0.2, 0) is 0 Å². The van der Waals surface area contributed by atoms with E-state index in [2.05, 4.69) is 27.1 Å². The highest BCUT2D eigenvalue weighted by Crippen LogP contribution is 2.20. The molecule has 0 atom stereocenters. The standard InChI is InChI=1S/C20H28N4O/c1-6-7-13-24(5)17-14-16(19(25)23-20(2,3)4)21-18(22-17)15-11-9-8-10-12-15/h8-12,14H,6-7,13H2,1-5H3,(H,23,25). The summed E-state index contributed by atoms with van der Waals surface area (Å²) in [5.74, 6) is 1.15. The fraction of sp³-hybridized carbons (Fsp3) is 0.450. The molecule has 0 aliphatic heterocycles. The Labute approximate surface area is 150 Å². The number of aromatic nitrogens is 2. The van der Waals surface area contributed by atoms with Gasteiger partial charge in [0.2, 0.25) is 0 Å². The lowest BCUT2D eigenvalue weighted by molar-refractivity contribution is 0.0914. The van der Waals surface area contributed by atoms with E-state index in [1.807, 2.05) is 58.2 Å². The Morgan fingerprint density at radius 1 is 1.16 bits per heavy atom. The van der Waals surface area contributed by atoms with Gasteiger partial charge < -0.3 is 10.2 Å². The van der Waals surface area contributed by atoms with E-state index in [0.717, 1.165) is 30.8 Å². The van der Waals surface area contributed by atoms with Gasteiger partial charge >= 0.3 is 0 Å². The summed E-state index contributed by atoms with van der Waals surface area (Å²) >= 11 is 0. The summed E-state index contributed by atoms with van der Waals surface area (Å²) in [5, 5.41) is 2.98. The van der Waals surface area contributed by atoms with Crippen LogP contribution in [0.25, 0.3) is 11.4 Å². The molecule has 0 saturated heterocycles.